The van der Waals surface area contributed by atoms with Gasteiger partial charge in [-0.1, -0.05) is 6.07 Å². The molecule has 3 nitrogen and oxygen atoms in total. The van der Waals surface area contributed by atoms with Gasteiger partial charge in [0, 0.05) is 24.3 Å². The van der Waals surface area contributed by atoms with Gasteiger partial charge < -0.3 is 5.73 Å². The van der Waals surface area contributed by atoms with Crippen LogP contribution in [0.3, 0.4) is 0 Å². The highest BCUT2D eigenvalue weighted by Crippen LogP contribution is 2.23. The molecule has 0 amide bonds. The second kappa shape index (κ2) is 4.29. The molecular formula is C12H19N3. The maximum atomic E-state index is 5.78. The quantitative estimate of drug-likeness (QED) is 0.809. The molecule has 2 N–H and O–H groups in total. The van der Waals surface area contributed by atoms with Crippen LogP contribution >= 0.6 is 0 Å². The second-order valence-electron chi connectivity index (χ2n) is 4.57. The van der Waals surface area contributed by atoms with Gasteiger partial charge in [-0.3, -0.25) is 9.88 Å². The molecule has 0 unspecified atom stereocenters. The molecule has 1 aliphatic carbocycles. The number of hydrogen-bond donors (Lipinski definition) is 1. The Morgan fingerprint density at radius 2 is 2.20 bits per heavy atom. The lowest BCUT2D eigenvalue weighted by Crippen LogP contribution is -2.48. The van der Waals surface area contributed by atoms with Gasteiger partial charge in [0.25, 0.3) is 0 Å². The molecule has 0 aliphatic heterocycles. The minimum atomic E-state index is 0.419. The van der Waals surface area contributed by atoms with Gasteiger partial charge in [-0.05, 0) is 38.9 Å². The van der Waals surface area contributed by atoms with Crippen LogP contribution in [-0.2, 0) is 6.54 Å². The zero-order valence-electron chi connectivity index (χ0n) is 9.48. The number of nitrogens with two attached hydrogens (primary N) is 1. The topological polar surface area (TPSA) is 42.1 Å². The molecule has 1 heterocycles. The van der Waals surface area contributed by atoms with E-state index in [-0.39, 0.29) is 0 Å². The molecule has 0 spiro atoms. The maximum absolute atomic E-state index is 5.78. The van der Waals surface area contributed by atoms with E-state index in [2.05, 4.69) is 29.1 Å². The summed E-state index contributed by atoms with van der Waals surface area (Å²) in [7, 11) is 2.15. The lowest BCUT2D eigenvalue weighted by atomic mass is 9.86. The lowest BCUT2D eigenvalue weighted by Gasteiger charge is -2.39. The van der Waals surface area contributed by atoms with Crippen molar-refractivity contribution in [1.29, 1.82) is 0 Å². The van der Waals surface area contributed by atoms with Crippen molar-refractivity contribution >= 4 is 0 Å². The van der Waals surface area contributed by atoms with Crippen molar-refractivity contribution < 1.29 is 0 Å². The first kappa shape index (κ1) is 10.6. The number of pyridine rings is 1. The normalized spacial score (nSPS) is 25.3. The summed E-state index contributed by atoms with van der Waals surface area (Å²) in [5.74, 6) is 0. The van der Waals surface area contributed by atoms with E-state index in [0.717, 1.165) is 30.8 Å². The van der Waals surface area contributed by atoms with Crippen LogP contribution in [0.15, 0.2) is 18.2 Å². The Morgan fingerprint density at radius 1 is 1.47 bits per heavy atom. The van der Waals surface area contributed by atoms with Crippen molar-refractivity contribution in [3.63, 3.8) is 0 Å². The largest absolute Gasteiger partial charge is 0.328 e. The van der Waals surface area contributed by atoms with Crippen LogP contribution in [-0.4, -0.2) is 29.0 Å². The summed E-state index contributed by atoms with van der Waals surface area (Å²) >= 11 is 0. The van der Waals surface area contributed by atoms with E-state index in [1.54, 1.807) is 0 Å². The number of aryl methyl sites for hydroxylation is 1. The van der Waals surface area contributed by atoms with Crippen LogP contribution in [0.4, 0.5) is 0 Å². The van der Waals surface area contributed by atoms with Gasteiger partial charge in [-0.2, -0.15) is 0 Å². The number of aromatic nitrogens is 1. The first-order chi connectivity index (χ1) is 7.15. The van der Waals surface area contributed by atoms with Crippen molar-refractivity contribution in [2.75, 3.05) is 7.05 Å². The third kappa shape index (κ3) is 2.55. The molecule has 1 aromatic rings. The average Bonchev–Trinajstić information content (AvgIpc) is 2.13. The summed E-state index contributed by atoms with van der Waals surface area (Å²) in [6.07, 6.45) is 2.25. The molecule has 0 aromatic carbocycles. The smallest absolute Gasteiger partial charge is 0.0547 e. The zero-order chi connectivity index (χ0) is 10.8. The Kier molecular flexibility index (Phi) is 3.03. The van der Waals surface area contributed by atoms with Crippen molar-refractivity contribution in [3.8, 4) is 0 Å². The van der Waals surface area contributed by atoms with Gasteiger partial charge in [0.05, 0.1) is 5.69 Å². The molecule has 0 bridgehead atoms. The van der Waals surface area contributed by atoms with Gasteiger partial charge >= 0.3 is 0 Å². The standard InChI is InChI=1S/C12H19N3/c1-9-4-3-5-11(14-9)8-15(2)12-6-10(13)7-12/h3-5,10,12H,6-8,13H2,1-2H3. The Labute approximate surface area is 91.3 Å². The van der Waals surface area contributed by atoms with E-state index in [0.29, 0.717) is 12.1 Å². The molecule has 0 radical (unpaired) electrons. The monoisotopic (exact) mass is 205 g/mol. The van der Waals surface area contributed by atoms with Gasteiger partial charge in [0.2, 0.25) is 0 Å². The first-order valence-corrected chi connectivity index (χ1v) is 5.53. The van der Waals surface area contributed by atoms with E-state index in [1.165, 1.54) is 0 Å². The molecule has 15 heavy (non-hydrogen) atoms. The van der Waals surface area contributed by atoms with Crippen molar-refractivity contribution in [3.05, 3.63) is 29.6 Å². The molecule has 0 atom stereocenters. The third-order valence-electron chi connectivity index (χ3n) is 3.13. The molecule has 82 valence electrons. The Bertz CT molecular complexity index is 331. The Balaban J connectivity index is 1.91. The Hall–Kier alpha value is -0.930. The predicted octanol–water partition coefficient (Wildman–Crippen LogP) is 1.31. The Morgan fingerprint density at radius 3 is 2.80 bits per heavy atom. The van der Waals surface area contributed by atoms with Crippen molar-refractivity contribution in [2.45, 2.75) is 38.4 Å². The summed E-state index contributed by atoms with van der Waals surface area (Å²) in [6.45, 7) is 2.96. The number of hydrogen-bond acceptors (Lipinski definition) is 3. The summed E-state index contributed by atoms with van der Waals surface area (Å²) in [5, 5.41) is 0. The molecule has 2 rings (SSSR count). The van der Waals surface area contributed by atoms with Crippen molar-refractivity contribution in [2.24, 2.45) is 5.73 Å². The van der Waals surface area contributed by atoms with Crippen LogP contribution in [0.2, 0.25) is 0 Å². The molecule has 0 saturated heterocycles. The van der Waals surface area contributed by atoms with Crippen LogP contribution in [0.25, 0.3) is 0 Å². The highest BCUT2D eigenvalue weighted by atomic mass is 15.2. The van der Waals surface area contributed by atoms with Crippen molar-refractivity contribution in [1.82, 2.24) is 9.88 Å². The van der Waals surface area contributed by atoms with Gasteiger partial charge in [-0.25, -0.2) is 0 Å². The SMILES string of the molecule is Cc1cccc(CN(C)C2CC(N)C2)n1. The fraction of sp³-hybridized carbons (Fsp3) is 0.583. The summed E-state index contributed by atoms with van der Waals surface area (Å²) in [6, 6.07) is 7.26. The van der Waals surface area contributed by atoms with E-state index in [1.807, 2.05) is 13.0 Å². The molecule has 1 saturated carbocycles. The maximum Gasteiger partial charge on any atom is 0.0547 e. The zero-order valence-corrected chi connectivity index (χ0v) is 9.48. The minimum absolute atomic E-state index is 0.419. The minimum Gasteiger partial charge on any atom is -0.328 e. The fourth-order valence-corrected chi connectivity index (χ4v) is 2.06. The van der Waals surface area contributed by atoms with E-state index in [9.17, 15) is 0 Å². The highest BCUT2D eigenvalue weighted by Gasteiger charge is 2.29. The van der Waals surface area contributed by atoms with Crippen LogP contribution in [0.1, 0.15) is 24.2 Å². The first-order valence-electron chi connectivity index (χ1n) is 5.53. The summed E-state index contributed by atoms with van der Waals surface area (Å²) in [4.78, 5) is 6.85. The molecule has 3 heteroatoms. The van der Waals surface area contributed by atoms with Gasteiger partial charge in [-0.15, -0.1) is 0 Å². The van der Waals surface area contributed by atoms with Gasteiger partial charge in [0.15, 0.2) is 0 Å². The number of rotatable bonds is 3. The third-order valence-corrected chi connectivity index (χ3v) is 3.13. The summed E-state index contributed by atoms with van der Waals surface area (Å²) < 4.78 is 0. The van der Waals surface area contributed by atoms with E-state index in [4.69, 9.17) is 5.73 Å². The van der Waals surface area contributed by atoms with Crippen LogP contribution in [0.5, 0.6) is 0 Å². The average molecular weight is 205 g/mol. The second-order valence-corrected chi connectivity index (χ2v) is 4.57. The molecular weight excluding hydrogens is 186 g/mol. The van der Waals surface area contributed by atoms with Gasteiger partial charge in [0.1, 0.15) is 0 Å². The predicted molar refractivity (Wildman–Crippen MR) is 61.4 cm³/mol. The highest BCUT2D eigenvalue weighted by molar-refractivity contribution is 5.10. The fourth-order valence-electron chi connectivity index (χ4n) is 2.06. The van der Waals surface area contributed by atoms with Crippen LogP contribution < -0.4 is 5.73 Å². The molecule has 1 fully saturated rings. The molecule has 1 aliphatic rings. The van der Waals surface area contributed by atoms with Crippen LogP contribution in [0, 0.1) is 6.92 Å². The van der Waals surface area contributed by atoms with E-state index < -0.39 is 0 Å². The van der Waals surface area contributed by atoms with E-state index >= 15 is 0 Å². The number of nitrogens with zero attached hydrogens (tertiary/aromatic N) is 2. The lowest BCUT2D eigenvalue weighted by molar-refractivity contribution is 0.131. The summed E-state index contributed by atoms with van der Waals surface area (Å²) in [5.41, 5.74) is 8.02. The molecule has 1 aromatic heterocycles.